The molecule has 3 N–H and O–H groups in total. The van der Waals surface area contributed by atoms with E-state index in [9.17, 15) is 31.5 Å². The van der Waals surface area contributed by atoms with E-state index in [1.807, 2.05) is 19.2 Å². The van der Waals surface area contributed by atoms with Crippen molar-refractivity contribution in [2.45, 2.75) is 68.7 Å². The van der Waals surface area contributed by atoms with E-state index in [1.54, 1.807) is 11.3 Å². The Hall–Kier alpha value is -2.84. The lowest BCUT2D eigenvalue weighted by Gasteiger charge is -2.29. The fourth-order valence-electron chi connectivity index (χ4n) is 4.35. The number of sulfonamides is 1. The van der Waals surface area contributed by atoms with Crippen LogP contribution in [0.1, 0.15) is 49.9 Å². The third-order valence-corrected chi connectivity index (χ3v) is 9.36. The topological polar surface area (TPSA) is 120 Å². The molecule has 0 spiro atoms. The number of β-amino-alcohol motifs (C(OH)–C–C–N with tert-alkyl or cyclic N) is 1. The number of carbonyl (C=O) groups is 1. The number of aliphatic carboxylic acids is 1. The summed E-state index contributed by atoms with van der Waals surface area (Å²) in [5, 5.41) is 26.8. The van der Waals surface area contributed by atoms with Crippen LogP contribution in [0.25, 0.3) is 11.1 Å². The summed E-state index contributed by atoms with van der Waals surface area (Å²) in [7, 11) is -3.19. The molecule has 0 radical (unpaired) electrons. The Bertz CT molecular complexity index is 1430. The molecule has 2 aromatic heterocycles. The van der Waals surface area contributed by atoms with Crippen molar-refractivity contribution in [1.82, 2.24) is 14.6 Å². The first kappa shape index (κ1) is 33.7. The molecular formula is C29H36F3N3O5S2. The molecular weight excluding hydrogens is 591 g/mol. The van der Waals surface area contributed by atoms with E-state index in [1.165, 1.54) is 30.9 Å². The number of rotatable bonds is 15. The number of halogens is 3. The number of hydrogen-bond acceptors (Lipinski definition) is 7. The summed E-state index contributed by atoms with van der Waals surface area (Å²) in [6.45, 7) is 3.75. The second-order valence-electron chi connectivity index (χ2n) is 10.9. The Labute approximate surface area is 248 Å². The fourth-order valence-corrected chi connectivity index (χ4v) is 6.33. The summed E-state index contributed by atoms with van der Waals surface area (Å²) >= 11 is 1.64. The fraction of sp³-hybridized carbons (Fsp3) is 0.448. The van der Waals surface area contributed by atoms with Gasteiger partial charge in [-0.25, -0.2) is 8.42 Å². The summed E-state index contributed by atoms with van der Waals surface area (Å²) in [6.07, 6.45) is -1.95. The van der Waals surface area contributed by atoms with Gasteiger partial charge in [0.1, 0.15) is 0 Å². The Kier molecular flexibility index (Phi) is 11.3. The highest BCUT2D eigenvalue weighted by Crippen LogP contribution is 2.35. The van der Waals surface area contributed by atoms with Gasteiger partial charge in [-0.3, -0.25) is 9.78 Å². The minimum atomic E-state index is -4.81. The summed E-state index contributed by atoms with van der Waals surface area (Å²) in [4.78, 5) is 14.3. The molecule has 1 aromatic carbocycles. The van der Waals surface area contributed by atoms with Gasteiger partial charge in [-0.15, -0.1) is 0 Å². The second-order valence-corrected chi connectivity index (χ2v) is 13.7. The molecule has 0 saturated heterocycles. The monoisotopic (exact) mass is 627 g/mol. The van der Waals surface area contributed by atoms with E-state index in [0.717, 1.165) is 35.7 Å². The highest BCUT2D eigenvalue weighted by atomic mass is 32.2. The number of thiophene rings is 1. The van der Waals surface area contributed by atoms with Crippen molar-refractivity contribution in [3.05, 3.63) is 70.2 Å². The van der Waals surface area contributed by atoms with Crippen LogP contribution < -0.4 is 5.32 Å². The maximum absolute atomic E-state index is 13.8. The van der Waals surface area contributed by atoms with Crippen LogP contribution in [-0.4, -0.2) is 65.7 Å². The molecule has 0 amide bonds. The predicted octanol–water partition coefficient (Wildman–Crippen LogP) is 5.22. The lowest BCUT2D eigenvalue weighted by atomic mass is 9.96. The molecule has 1 atom stereocenters. The number of aliphatic hydroxyl groups excluding tert-OH is 1. The normalized spacial score (nSPS) is 13.4. The average molecular weight is 628 g/mol. The van der Waals surface area contributed by atoms with Gasteiger partial charge in [0.2, 0.25) is 10.0 Å². The zero-order valence-corrected chi connectivity index (χ0v) is 25.3. The number of pyridine rings is 1. The number of carboxylic acid groups (broad SMARTS) is 1. The molecule has 13 heteroatoms. The molecule has 0 saturated carbocycles. The van der Waals surface area contributed by atoms with Crippen LogP contribution in [0.4, 0.5) is 13.2 Å². The third-order valence-electron chi connectivity index (χ3n) is 6.83. The number of nitrogens with one attached hydrogen (secondary N) is 1. The molecule has 0 aliphatic carbocycles. The Morgan fingerprint density at radius 1 is 1.12 bits per heavy atom. The van der Waals surface area contributed by atoms with Crippen molar-refractivity contribution in [3.63, 3.8) is 0 Å². The average Bonchev–Trinajstić information content (AvgIpc) is 3.44. The van der Waals surface area contributed by atoms with Crippen molar-refractivity contribution < 1.29 is 36.6 Å². The van der Waals surface area contributed by atoms with E-state index < -0.39 is 38.7 Å². The molecule has 0 aliphatic rings. The van der Waals surface area contributed by atoms with Crippen molar-refractivity contribution in [1.29, 1.82) is 0 Å². The molecule has 3 aromatic rings. The second kappa shape index (κ2) is 14.1. The molecule has 0 fully saturated rings. The highest BCUT2D eigenvalue weighted by Gasteiger charge is 2.34. The molecule has 230 valence electrons. The van der Waals surface area contributed by atoms with Gasteiger partial charge < -0.3 is 15.5 Å². The van der Waals surface area contributed by atoms with Gasteiger partial charge in [-0.2, -0.15) is 28.8 Å². The van der Waals surface area contributed by atoms with E-state index in [2.05, 4.69) is 21.7 Å². The Morgan fingerprint density at radius 3 is 2.45 bits per heavy atom. The number of likely N-dealkylation sites (N-methyl/N-ethyl adjacent to an activating group) is 1. The number of hydrogen-bond donors (Lipinski definition) is 3. The number of alkyl halides is 3. The summed E-state index contributed by atoms with van der Waals surface area (Å²) < 4.78 is 68.8. The number of carboxylic acids is 1. The first-order valence-corrected chi connectivity index (χ1v) is 15.7. The van der Waals surface area contributed by atoms with Crippen LogP contribution in [0.5, 0.6) is 0 Å². The third kappa shape index (κ3) is 9.87. The molecule has 0 aliphatic heterocycles. The Morgan fingerprint density at radius 2 is 1.86 bits per heavy atom. The van der Waals surface area contributed by atoms with Crippen molar-refractivity contribution in [2.75, 3.05) is 20.1 Å². The van der Waals surface area contributed by atoms with Crippen molar-refractivity contribution in [3.8, 4) is 11.1 Å². The maximum atomic E-state index is 13.8. The predicted molar refractivity (Wildman–Crippen MR) is 156 cm³/mol. The SMILES string of the molecule is CN(C[C@H](O)CNC(C)(C)CCCc1ccsc1)S(=O)(=O)c1cc(-c2ccc(CCC(=O)O)nc2)cc(C(F)(F)F)c1. The summed E-state index contributed by atoms with van der Waals surface area (Å²) in [6, 6.07) is 7.59. The Balaban J connectivity index is 1.71. The number of aromatic nitrogens is 1. The van der Waals surface area contributed by atoms with Gasteiger partial charge in [0.25, 0.3) is 0 Å². The maximum Gasteiger partial charge on any atom is 0.416 e. The number of aryl methyl sites for hydroxylation is 2. The summed E-state index contributed by atoms with van der Waals surface area (Å²) in [5.74, 6) is -1.01. The molecule has 3 rings (SSSR count). The smallest absolute Gasteiger partial charge is 0.416 e. The van der Waals surface area contributed by atoms with Crippen LogP contribution in [0.2, 0.25) is 0 Å². The lowest BCUT2D eigenvalue weighted by molar-refractivity contribution is -0.138. The molecule has 8 nitrogen and oxygen atoms in total. The van der Waals surface area contributed by atoms with Crippen LogP contribution in [-0.2, 0) is 33.8 Å². The van der Waals surface area contributed by atoms with E-state index >= 15 is 0 Å². The van der Waals surface area contributed by atoms with Gasteiger partial charge in [-0.1, -0.05) is 6.07 Å². The van der Waals surface area contributed by atoms with Crippen LogP contribution >= 0.6 is 11.3 Å². The van der Waals surface area contributed by atoms with Crippen LogP contribution in [0.3, 0.4) is 0 Å². The van der Waals surface area contributed by atoms with E-state index in [4.69, 9.17) is 5.11 Å². The zero-order chi connectivity index (χ0) is 31.1. The van der Waals surface area contributed by atoms with Crippen LogP contribution in [0, 0.1) is 0 Å². The number of benzene rings is 1. The summed E-state index contributed by atoms with van der Waals surface area (Å²) in [5.41, 5.74) is 0.471. The standard InChI is InChI=1S/C29H36F3N3O5S2/c1-28(2,11-4-5-20-10-12-41-19-20)34-17-25(36)18-35(3)42(39,40)26-14-22(13-23(15-26)29(30,31)32)21-6-7-24(33-16-21)8-9-27(37)38/h6-7,10,12-16,19,25,34,36H,4-5,8-9,11,17-18H2,1-3H3,(H,37,38)/t25-/m1/s1. The van der Waals surface area contributed by atoms with Gasteiger partial charge in [0, 0.05) is 49.6 Å². The van der Waals surface area contributed by atoms with Crippen molar-refractivity contribution >= 4 is 27.3 Å². The first-order chi connectivity index (χ1) is 19.6. The van der Waals surface area contributed by atoms with E-state index in [0.29, 0.717) is 11.8 Å². The number of aliphatic hydroxyl groups is 1. The zero-order valence-electron chi connectivity index (χ0n) is 23.7. The largest absolute Gasteiger partial charge is 0.481 e. The van der Waals surface area contributed by atoms with Gasteiger partial charge in [0.15, 0.2) is 0 Å². The van der Waals surface area contributed by atoms with E-state index in [-0.39, 0.29) is 42.6 Å². The molecule has 42 heavy (non-hydrogen) atoms. The molecule has 0 unspecified atom stereocenters. The van der Waals surface area contributed by atoms with Gasteiger partial charge in [-0.05, 0) is 85.3 Å². The van der Waals surface area contributed by atoms with Gasteiger partial charge >= 0.3 is 12.1 Å². The quantitative estimate of drug-likeness (QED) is 0.211. The molecule has 0 bridgehead atoms. The minimum absolute atomic E-state index is 0.0134. The number of nitrogens with zero attached hydrogens (tertiary/aromatic N) is 2. The minimum Gasteiger partial charge on any atom is -0.481 e. The molecule has 2 heterocycles. The first-order valence-electron chi connectivity index (χ1n) is 13.4. The van der Waals surface area contributed by atoms with Crippen molar-refractivity contribution in [2.24, 2.45) is 0 Å². The lowest BCUT2D eigenvalue weighted by Crippen LogP contribution is -2.46. The highest BCUT2D eigenvalue weighted by molar-refractivity contribution is 7.89. The van der Waals surface area contributed by atoms with Gasteiger partial charge in [0.05, 0.1) is 23.0 Å². The van der Waals surface area contributed by atoms with Crippen LogP contribution in [0.15, 0.2) is 58.3 Å².